The minimum atomic E-state index is -0.609. The number of aryl methyl sites for hydroxylation is 2. The first kappa shape index (κ1) is 26.5. The normalized spacial score (nSPS) is 18.6. The van der Waals surface area contributed by atoms with Crippen LogP contribution in [0.25, 0.3) is 0 Å². The van der Waals surface area contributed by atoms with Gasteiger partial charge in [0.1, 0.15) is 16.7 Å². The summed E-state index contributed by atoms with van der Waals surface area (Å²) in [6.07, 6.45) is 0.657. The zero-order valence-corrected chi connectivity index (χ0v) is 23.1. The highest BCUT2D eigenvalue weighted by atomic mass is 32.2. The van der Waals surface area contributed by atoms with Crippen LogP contribution in [0.15, 0.2) is 76.8 Å². The van der Waals surface area contributed by atoms with Gasteiger partial charge < -0.3 is 14.8 Å². The van der Waals surface area contributed by atoms with Crippen LogP contribution in [0.3, 0.4) is 0 Å². The Balaban J connectivity index is 1.35. The number of ether oxygens (including phenoxy) is 2. The molecule has 0 saturated heterocycles. The second-order valence-corrected chi connectivity index (χ2v) is 10.7. The number of amides is 2. The minimum absolute atomic E-state index is 0.0277. The Morgan fingerprint density at radius 2 is 1.67 bits per heavy atom. The fourth-order valence-corrected chi connectivity index (χ4v) is 5.72. The molecule has 0 aliphatic carbocycles. The van der Waals surface area contributed by atoms with Crippen molar-refractivity contribution in [1.29, 1.82) is 0 Å². The zero-order valence-electron chi connectivity index (χ0n) is 22.3. The number of benzene rings is 3. The Kier molecular flexibility index (Phi) is 7.70. The van der Waals surface area contributed by atoms with Gasteiger partial charge in [0.15, 0.2) is 5.17 Å². The Bertz CT molecular complexity index is 1450. The molecule has 0 unspecified atom stereocenters. The van der Waals surface area contributed by atoms with Crippen LogP contribution in [0.2, 0.25) is 0 Å². The number of rotatable bonds is 7. The van der Waals surface area contributed by atoms with Crippen molar-refractivity contribution in [2.45, 2.75) is 38.0 Å². The van der Waals surface area contributed by atoms with Crippen LogP contribution in [-0.4, -0.2) is 47.2 Å². The molecule has 1 N–H and O–H groups in total. The van der Waals surface area contributed by atoms with Gasteiger partial charge in [-0.15, -0.1) is 0 Å². The third-order valence-corrected chi connectivity index (χ3v) is 7.93. The maximum absolute atomic E-state index is 12.9. The lowest BCUT2D eigenvalue weighted by Gasteiger charge is -2.23. The molecule has 0 bridgehead atoms. The number of thioether (sulfide) groups is 1. The third-order valence-electron chi connectivity index (χ3n) is 6.79. The molecule has 2 heterocycles. The number of hydrazone groups is 1. The van der Waals surface area contributed by atoms with E-state index in [4.69, 9.17) is 14.6 Å². The maximum Gasteiger partial charge on any atom is 0.262 e. The van der Waals surface area contributed by atoms with Gasteiger partial charge in [-0.25, -0.2) is 5.01 Å². The highest BCUT2D eigenvalue weighted by Gasteiger charge is 2.39. The predicted molar refractivity (Wildman–Crippen MR) is 155 cm³/mol. The molecule has 2 amide bonds. The van der Waals surface area contributed by atoms with Crippen LogP contribution in [0.4, 0.5) is 5.69 Å². The molecule has 2 aliphatic heterocycles. The second kappa shape index (κ2) is 11.3. The van der Waals surface area contributed by atoms with Gasteiger partial charge in [-0.2, -0.15) is 10.1 Å². The lowest BCUT2D eigenvalue weighted by molar-refractivity contribution is -0.121. The molecule has 9 heteroatoms. The number of aliphatic imine (C=N–C) groups is 1. The van der Waals surface area contributed by atoms with Gasteiger partial charge in [0, 0.05) is 18.5 Å². The van der Waals surface area contributed by atoms with Crippen molar-refractivity contribution in [3.8, 4) is 11.5 Å². The van der Waals surface area contributed by atoms with Crippen LogP contribution in [0, 0.1) is 13.8 Å². The summed E-state index contributed by atoms with van der Waals surface area (Å²) in [6, 6.07) is 21.3. The molecular weight excluding hydrogens is 512 g/mol. The van der Waals surface area contributed by atoms with Gasteiger partial charge in [0.2, 0.25) is 5.91 Å². The predicted octanol–water partition coefficient (Wildman–Crippen LogP) is 5.50. The maximum atomic E-state index is 12.9. The first-order valence-electron chi connectivity index (χ1n) is 12.7. The van der Waals surface area contributed by atoms with Crippen molar-refractivity contribution < 1.29 is 19.1 Å². The Hall–Kier alpha value is -4.11. The molecule has 3 aromatic rings. The van der Waals surface area contributed by atoms with Crippen LogP contribution >= 0.6 is 11.8 Å². The molecule has 5 rings (SSSR count). The fourth-order valence-electron chi connectivity index (χ4n) is 4.66. The van der Waals surface area contributed by atoms with Crippen LogP contribution in [-0.2, 0) is 9.59 Å². The summed E-state index contributed by atoms with van der Waals surface area (Å²) >= 11 is 1.28. The van der Waals surface area contributed by atoms with E-state index in [1.54, 1.807) is 14.2 Å². The molecule has 0 saturated carbocycles. The molecule has 200 valence electrons. The van der Waals surface area contributed by atoms with Gasteiger partial charge in [0.25, 0.3) is 5.91 Å². The van der Waals surface area contributed by atoms with E-state index in [0.717, 1.165) is 45.2 Å². The second-order valence-electron chi connectivity index (χ2n) is 9.52. The van der Waals surface area contributed by atoms with E-state index in [0.29, 0.717) is 11.6 Å². The smallest absolute Gasteiger partial charge is 0.262 e. The number of carbonyl (C=O) groups excluding carboxylic acids is 2. The van der Waals surface area contributed by atoms with Gasteiger partial charge in [-0.1, -0.05) is 41.6 Å². The van der Waals surface area contributed by atoms with Crippen molar-refractivity contribution in [3.63, 3.8) is 0 Å². The van der Waals surface area contributed by atoms with Crippen molar-refractivity contribution in [2.75, 3.05) is 19.5 Å². The SMILES string of the molecule is COc1ccc(C2=NN(C3=NC(=O)[C@H](CC(=O)Nc4ccc(C)cc4C)S3)[C@@H](c3ccc(OC)cc3)C2)cc1. The van der Waals surface area contributed by atoms with Crippen molar-refractivity contribution >= 4 is 40.1 Å². The molecule has 8 nitrogen and oxygen atoms in total. The molecule has 39 heavy (non-hydrogen) atoms. The lowest BCUT2D eigenvalue weighted by Crippen LogP contribution is -2.25. The number of carbonyl (C=O) groups is 2. The number of hydrogen-bond acceptors (Lipinski definition) is 7. The van der Waals surface area contributed by atoms with E-state index in [1.807, 2.05) is 85.6 Å². The lowest BCUT2D eigenvalue weighted by atomic mass is 9.98. The van der Waals surface area contributed by atoms with E-state index in [2.05, 4.69) is 10.3 Å². The topological polar surface area (TPSA) is 92.6 Å². The summed E-state index contributed by atoms with van der Waals surface area (Å²) in [7, 11) is 3.27. The molecule has 3 aromatic carbocycles. The summed E-state index contributed by atoms with van der Waals surface area (Å²) < 4.78 is 10.6. The number of amidine groups is 1. The molecular formula is C30H30N4O4S. The van der Waals surface area contributed by atoms with Crippen LogP contribution in [0.5, 0.6) is 11.5 Å². The number of methoxy groups -OCH3 is 2. The molecule has 0 spiro atoms. The number of anilines is 1. The first-order valence-corrected chi connectivity index (χ1v) is 13.5. The molecule has 2 atom stereocenters. The number of nitrogens with zero attached hydrogens (tertiary/aromatic N) is 3. The average molecular weight is 543 g/mol. The number of nitrogens with one attached hydrogen (secondary N) is 1. The largest absolute Gasteiger partial charge is 0.497 e. The third kappa shape index (κ3) is 5.83. The van der Waals surface area contributed by atoms with E-state index < -0.39 is 5.25 Å². The fraction of sp³-hybridized carbons (Fsp3) is 0.267. The standard InChI is InChI=1S/C30H30N4O4S/c1-18-5-14-24(19(2)15-18)31-28(35)17-27-29(36)32-30(39-27)34-26(21-8-12-23(38-4)13-9-21)16-25(33-34)20-6-10-22(37-3)11-7-20/h5-15,26-27H,16-17H2,1-4H3,(H,31,35)/t26-,27+/m1/s1. The van der Waals surface area contributed by atoms with E-state index >= 15 is 0 Å². The molecule has 0 radical (unpaired) electrons. The van der Waals surface area contributed by atoms with Gasteiger partial charge in [-0.05, 0) is 73.0 Å². The van der Waals surface area contributed by atoms with Crippen LogP contribution < -0.4 is 14.8 Å². The van der Waals surface area contributed by atoms with Gasteiger partial charge in [-0.3, -0.25) is 9.59 Å². The van der Waals surface area contributed by atoms with Crippen molar-refractivity contribution in [3.05, 3.63) is 89.0 Å². The van der Waals surface area contributed by atoms with E-state index in [1.165, 1.54) is 11.8 Å². The highest BCUT2D eigenvalue weighted by Crippen LogP contribution is 2.39. The summed E-state index contributed by atoms with van der Waals surface area (Å²) in [5, 5.41) is 9.54. The Labute approximate surface area is 232 Å². The Morgan fingerprint density at radius 3 is 2.31 bits per heavy atom. The van der Waals surface area contributed by atoms with Gasteiger partial charge in [0.05, 0.1) is 26.0 Å². The summed E-state index contributed by atoms with van der Waals surface area (Å²) in [5.41, 5.74) is 5.72. The van der Waals surface area contributed by atoms with Crippen LogP contribution in [0.1, 0.15) is 41.1 Å². The molecule has 2 aliphatic rings. The zero-order chi connectivity index (χ0) is 27.5. The quantitative estimate of drug-likeness (QED) is 0.424. The van der Waals surface area contributed by atoms with E-state index in [-0.39, 0.29) is 24.3 Å². The number of hydrogen-bond donors (Lipinski definition) is 1. The first-order chi connectivity index (χ1) is 18.8. The molecule has 0 fully saturated rings. The highest BCUT2D eigenvalue weighted by molar-refractivity contribution is 8.15. The van der Waals surface area contributed by atoms with Gasteiger partial charge >= 0.3 is 0 Å². The summed E-state index contributed by atoms with van der Waals surface area (Å²) in [5.74, 6) is 0.980. The summed E-state index contributed by atoms with van der Waals surface area (Å²) in [6.45, 7) is 3.95. The van der Waals surface area contributed by atoms with Crippen molar-refractivity contribution in [2.24, 2.45) is 10.1 Å². The Morgan fingerprint density at radius 1 is 1.00 bits per heavy atom. The average Bonchev–Trinajstić information content (AvgIpc) is 3.54. The van der Waals surface area contributed by atoms with E-state index in [9.17, 15) is 9.59 Å². The van der Waals surface area contributed by atoms with Crippen molar-refractivity contribution in [1.82, 2.24) is 5.01 Å². The summed E-state index contributed by atoms with van der Waals surface area (Å²) in [4.78, 5) is 30.1. The minimum Gasteiger partial charge on any atom is -0.497 e. The monoisotopic (exact) mass is 542 g/mol. The molecule has 0 aromatic heterocycles.